The highest BCUT2D eigenvalue weighted by molar-refractivity contribution is 5.71. The van der Waals surface area contributed by atoms with Crippen molar-refractivity contribution in [2.24, 2.45) is 5.84 Å². The van der Waals surface area contributed by atoms with Gasteiger partial charge in [0.15, 0.2) is 0 Å². The van der Waals surface area contributed by atoms with Crippen molar-refractivity contribution in [1.82, 2.24) is 5.43 Å². The van der Waals surface area contributed by atoms with Gasteiger partial charge in [0.2, 0.25) is 5.91 Å². The smallest absolute Gasteiger partial charge is 0.269 e. The van der Waals surface area contributed by atoms with Crippen molar-refractivity contribution >= 4 is 11.6 Å². The van der Waals surface area contributed by atoms with Crippen molar-refractivity contribution in [1.29, 1.82) is 0 Å². The summed E-state index contributed by atoms with van der Waals surface area (Å²) in [5, 5.41) is 10.0. The van der Waals surface area contributed by atoms with Gasteiger partial charge in [-0.15, -0.1) is 0 Å². The molecule has 1 rings (SSSR count). The SMILES string of the molecule is CC(=O)NN.O.O=[N+]([O-])c1ccccc1. The number of nitrogens with one attached hydrogen (secondary N) is 1. The fourth-order valence-electron chi connectivity index (χ4n) is 0.550. The first-order chi connectivity index (χ1) is 6.57. The first-order valence-corrected chi connectivity index (χ1v) is 3.74. The summed E-state index contributed by atoms with van der Waals surface area (Å²) in [6.45, 7) is 1.35. The summed E-state index contributed by atoms with van der Waals surface area (Å²) in [5.74, 6) is 4.35. The second-order valence-electron chi connectivity index (χ2n) is 2.29. The third-order valence-corrected chi connectivity index (χ3v) is 1.17. The van der Waals surface area contributed by atoms with Crippen LogP contribution in [-0.4, -0.2) is 16.3 Å². The first kappa shape index (κ1) is 15.5. The van der Waals surface area contributed by atoms with Gasteiger partial charge < -0.3 is 5.48 Å². The molecule has 0 aliphatic carbocycles. The van der Waals surface area contributed by atoms with Gasteiger partial charge in [0.1, 0.15) is 0 Å². The molecule has 0 aliphatic heterocycles. The maximum atomic E-state index is 10.0. The Bertz CT molecular complexity index is 302. The Morgan fingerprint density at radius 3 is 2.00 bits per heavy atom. The van der Waals surface area contributed by atoms with Crippen molar-refractivity contribution in [3.05, 3.63) is 40.4 Å². The number of carbonyl (C=O) groups is 1. The summed E-state index contributed by atoms with van der Waals surface area (Å²) < 4.78 is 0. The number of hydrazine groups is 1. The lowest BCUT2D eigenvalue weighted by atomic mass is 10.3. The van der Waals surface area contributed by atoms with Gasteiger partial charge >= 0.3 is 0 Å². The zero-order valence-corrected chi connectivity index (χ0v) is 8.14. The highest BCUT2D eigenvalue weighted by Gasteiger charge is 1.98. The monoisotopic (exact) mass is 215 g/mol. The molecule has 0 aromatic heterocycles. The zero-order chi connectivity index (χ0) is 11.0. The van der Waals surface area contributed by atoms with Gasteiger partial charge in [0.25, 0.3) is 5.69 Å². The van der Waals surface area contributed by atoms with Crippen LogP contribution in [0.25, 0.3) is 0 Å². The predicted octanol–water partition coefficient (Wildman–Crippen LogP) is -0.234. The van der Waals surface area contributed by atoms with Gasteiger partial charge in [-0.1, -0.05) is 18.2 Å². The molecule has 0 saturated carbocycles. The number of non-ortho nitro benzene ring substituents is 1. The Morgan fingerprint density at radius 1 is 1.40 bits per heavy atom. The molecule has 0 heterocycles. The lowest BCUT2D eigenvalue weighted by Gasteiger charge is -1.85. The minimum absolute atomic E-state index is 0. The van der Waals surface area contributed by atoms with Gasteiger partial charge in [0.05, 0.1) is 4.92 Å². The number of benzene rings is 1. The molecule has 0 spiro atoms. The summed E-state index contributed by atoms with van der Waals surface area (Å²) in [5.41, 5.74) is 2.03. The number of amides is 1. The van der Waals surface area contributed by atoms with Crippen molar-refractivity contribution < 1.29 is 15.2 Å². The summed E-state index contributed by atoms with van der Waals surface area (Å²) in [6.07, 6.45) is 0. The van der Waals surface area contributed by atoms with Crippen molar-refractivity contribution in [2.45, 2.75) is 6.92 Å². The summed E-state index contributed by atoms with van der Waals surface area (Å²) in [7, 11) is 0. The van der Waals surface area contributed by atoms with Crippen LogP contribution in [0.3, 0.4) is 0 Å². The summed E-state index contributed by atoms with van der Waals surface area (Å²) in [6, 6.07) is 7.93. The fraction of sp³-hybridized carbons (Fsp3) is 0.125. The average Bonchev–Trinajstić information content (AvgIpc) is 2.20. The van der Waals surface area contributed by atoms with Crippen LogP contribution in [0.4, 0.5) is 5.69 Å². The molecule has 5 N–H and O–H groups in total. The molecule has 0 saturated heterocycles. The van der Waals surface area contributed by atoms with Crippen molar-refractivity contribution in [3.63, 3.8) is 0 Å². The van der Waals surface area contributed by atoms with Gasteiger partial charge in [-0.2, -0.15) is 0 Å². The van der Waals surface area contributed by atoms with Crippen LogP contribution < -0.4 is 11.3 Å². The molecule has 0 fully saturated rings. The molecule has 1 aromatic carbocycles. The van der Waals surface area contributed by atoms with E-state index in [4.69, 9.17) is 0 Å². The van der Waals surface area contributed by atoms with E-state index in [-0.39, 0.29) is 17.1 Å². The Labute approximate surface area is 86.3 Å². The molecule has 0 unspecified atom stereocenters. The van der Waals surface area contributed by atoms with E-state index in [1.807, 2.05) is 5.43 Å². The molecule has 0 bridgehead atoms. The number of carbonyl (C=O) groups excluding carboxylic acids is 1. The first-order valence-electron chi connectivity index (χ1n) is 3.74. The quantitative estimate of drug-likeness (QED) is 0.290. The minimum atomic E-state index is -0.417. The molecule has 0 radical (unpaired) electrons. The fourth-order valence-corrected chi connectivity index (χ4v) is 0.550. The van der Waals surface area contributed by atoms with E-state index in [9.17, 15) is 14.9 Å². The predicted molar refractivity (Wildman–Crippen MR) is 54.7 cm³/mol. The standard InChI is InChI=1S/C6H5NO2.C2H6N2O.H2O/c8-7(9)6-4-2-1-3-5-6;1-2(5)4-3;/h1-5H;3H2,1H3,(H,4,5);1H2. The van der Waals surface area contributed by atoms with E-state index in [2.05, 4.69) is 5.84 Å². The van der Waals surface area contributed by atoms with Crippen molar-refractivity contribution in [2.75, 3.05) is 0 Å². The molecule has 1 amide bonds. The third kappa shape index (κ3) is 8.34. The van der Waals surface area contributed by atoms with Gasteiger partial charge in [0, 0.05) is 19.1 Å². The number of nitrogens with two attached hydrogens (primary N) is 1. The third-order valence-electron chi connectivity index (χ3n) is 1.17. The highest BCUT2D eigenvalue weighted by Crippen LogP contribution is 2.06. The van der Waals surface area contributed by atoms with Gasteiger partial charge in [-0.05, 0) is 0 Å². The molecule has 7 nitrogen and oxygen atoms in total. The Hall–Kier alpha value is -1.99. The highest BCUT2D eigenvalue weighted by atomic mass is 16.6. The molecule has 0 atom stereocenters. The molecule has 1 aromatic rings. The maximum absolute atomic E-state index is 10.0. The lowest BCUT2D eigenvalue weighted by Crippen LogP contribution is -2.26. The number of nitro benzene ring substituents is 1. The van der Waals surface area contributed by atoms with E-state index in [1.54, 1.807) is 18.2 Å². The average molecular weight is 215 g/mol. The molecular weight excluding hydrogens is 202 g/mol. The van der Waals surface area contributed by atoms with E-state index >= 15 is 0 Å². The number of nitrogens with zero attached hydrogens (tertiary/aromatic N) is 1. The number of hydrogen-bond donors (Lipinski definition) is 2. The molecule has 84 valence electrons. The molecule has 15 heavy (non-hydrogen) atoms. The summed E-state index contributed by atoms with van der Waals surface area (Å²) in [4.78, 5) is 19.2. The number of nitro groups is 1. The van der Waals surface area contributed by atoms with E-state index < -0.39 is 4.92 Å². The number of rotatable bonds is 1. The van der Waals surface area contributed by atoms with Crippen LogP contribution in [0.1, 0.15) is 6.92 Å². The minimum Gasteiger partial charge on any atom is -0.412 e. The van der Waals surface area contributed by atoms with Crippen LogP contribution in [0.5, 0.6) is 0 Å². The largest absolute Gasteiger partial charge is 0.412 e. The summed E-state index contributed by atoms with van der Waals surface area (Å²) >= 11 is 0. The Kier molecular flexibility index (Phi) is 8.88. The van der Waals surface area contributed by atoms with Crippen LogP contribution in [0.15, 0.2) is 30.3 Å². The van der Waals surface area contributed by atoms with E-state index in [1.165, 1.54) is 19.1 Å². The van der Waals surface area contributed by atoms with Crippen LogP contribution in [-0.2, 0) is 4.79 Å². The Morgan fingerprint density at radius 2 is 1.80 bits per heavy atom. The van der Waals surface area contributed by atoms with Crippen molar-refractivity contribution in [3.8, 4) is 0 Å². The topological polar surface area (TPSA) is 130 Å². The molecule has 7 heteroatoms. The Balaban J connectivity index is 0. The van der Waals surface area contributed by atoms with E-state index in [0.29, 0.717) is 0 Å². The number of para-hydroxylation sites is 1. The second-order valence-corrected chi connectivity index (χ2v) is 2.29. The lowest BCUT2D eigenvalue weighted by molar-refractivity contribution is -0.384. The molecular formula is C8H13N3O4. The zero-order valence-electron chi connectivity index (χ0n) is 8.14. The molecule has 0 aliphatic rings. The van der Waals surface area contributed by atoms with Gasteiger partial charge in [-0.25, -0.2) is 5.84 Å². The van der Waals surface area contributed by atoms with Crippen LogP contribution in [0.2, 0.25) is 0 Å². The van der Waals surface area contributed by atoms with E-state index in [0.717, 1.165) is 0 Å². The van der Waals surface area contributed by atoms with Crippen LogP contribution >= 0.6 is 0 Å². The second kappa shape index (κ2) is 8.60. The number of hydrogen-bond acceptors (Lipinski definition) is 4. The normalized spacial score (nSPS) is 7.60. The van der Waals surface area contributed by atoms with Gasteiger partial charge in [-0.3, -0.25) is 20.3 Å². The van der Waals surface area contributed by atoms with Crippen LogP contribution in [0, 0.1) is 10.1 Å². The maximum Gasteiger partial charge on any atom is 0.269 e.